The molecule has 0 spiro atoms. The lowest BCUT2D eigenvalue weighted by molar-refractivity contribution is -0.112. The summed E-state index contributed by atoms with van der Waals surface area (Å²) in [4.78, 5) is 11.9. The van der Waals surface area contributed by atoms with E-state index in [0.717, 1.165) is 0 Å². The first kappa shape index (κ1) is 12.6. The number of carbonyl (C=O) groups is 1. The number of hydrogen-bond donors (Lipinski definition) is 1. The van der Waals surface area contributed by atoms with Crippen molar-refractivity contribution in [1.29, 1.82) is 5.26 Å². The molecule has 1 aromatic carbocycles. The fourth-order valence-electron chi connectivity index (χ4n) is 1.55. The molecule has 1 aromatic heterocycles. The Morgan fingerprint density at radius 2 is 2.16 bits per heavy atom. The molecule has 0 atom stereocenters. The van der Waals surface area contributed by atoms with Crippen LogP contribution in [0.25, 0.3) is 6.08 Å². The summed E-state index contributed by atoms with van der Waals surface area (Å²) in [5, 5.41) is 15.7. The van der Waals surface area contributed by atoms with E-state index in [1.807, 2.05) is 24.3 Å². The van der Waals surface area contributed by atoms with E-state index in [9.17, 15) is 4.79 Å². The average molecular weight is 252 g/mol. The minimum atomic E-state index is -0.433. The Morgan fingerprint density at radius 1 is 1.42 bits per heavy atom. The van der Waals surface area contributed by atoms with Crippen molar-refractivity contribution in [1.82, 2.24) is 9.78 Å². The highest BCUT2D eigenvalue weighted by Gasteiger charge is 2.09. The summed E-state index contributed by atoms with van der Waals surface area (Å²) in [5.74, 6) is -0.433. The molecule has 2 aromatic rings. The zero-order valence-corrected chi connectivity index (χ0v) is 10.4. The van der Waals surface area contributed by atoms with Crippen LogP contribution in [0.4, 0.5) is 5.69 Å². The molecule has 0 radical (unpaired) electrons. The maximum absolute atomic E-state index is 11.9. The van der Waals surface area contributed by atoms with E-state index in [1.165, 1.54) is 6.08 Å². The lowest BCUT2D eigenvalue weighted by atomic mass is 10.2. The quantitative estimate of drug-likeness (QED) is 0.670. The van der Waals surface area contributed by atoms with Crippen LogP contribution in [0.2, 0.25) is 0 Å². The van der Waals surface area contributed by atoms with Crippen molar-refractivity contribution in [3.05, 3.63) is 53.9 Å². The van der Waals surface area contributed by atoms with Gasteiger partial charge in [-0.05, 0) is 18.2 Å². The van der Waals surface area contributed by atoms with Crippen LogP contribution in [-0.2, 0) is 11.8 Å². The number of amides is 1. The highest BCUT2D eigenvalue weighted by Crippen LogP contribution is 2.10. The number of benzene rings is 1. The van der Waals surface area contributed by atoms with E-state index >= 15 is 0 Å². The van der Waals surface area contributed by atoms with E-state index in [4.69, 9.17) is 5.26 Å². The third-order valence-corrected chi connectivity index (χ3v) is 2.43. The predicted molar refractivity (Wildman–Crippen MR) is 71.9 cm³/mol. The number of aryl methyl sites for hydroxylation is 1. The van der Waals surface area contributed by atoms with E-state index in [0.29, 0.717) is 11.3 Å². The lowest BCUT2D eigenvalue weighted by Crippen LogP contribution is -2.13. The van der Waals surface area contributed by atoms with Gasteiger partial charge in [0.15, 0.2) is 0 Å². The third kappa shape index (κ3) is 3.30. The first-order valence-electron chi connectivity index (χ1n) is 5.66. The molecule has 0 fully saturated rings. The molecule has 1 heterocycles. The fourth-order valence-corrected chi connectivity index (χ4v) is 1.55. The molecule has 5 nitrogen and oxygen atoms in total. The highest BCUT2D eigenvalue weighted by molar-refractivity contribution is 6.09. The van der Waals surface area contributed by atoms with Gasteiger partial charge in [-0.2, -0.15) is 10.4 Å². The predicted octanol–water partition coefficient (Wildman–Crippen LogP) is 1.97. The molecule has 1 amide bonds. The molecule has 0 aliphatic carbocycles. The monoisotopic (exact) mass is 252 g/mol. The van der Waals surface area contributed by atoms with E-state index in [-0.39, 0.29) is 5.57 Å². The number of nitrogens with one attached hydrogen (secondary N) is 1. The van der Waals surface area contributed by atoms with Gasteiger partial charge >= 0.3 is 0 Å². The molecule has 0 bridgehead atoms. The second-order valence-electron chi connectivity index (χ2n) is 3.94. The van der Waals surface area contributed by atoms with Crippen molar-refractivity contribution in [3.8, 4) is 6.07 Å². The molecule has 2 rings (SSSR count). The number of aromatic nitrogens is 2. The molecule has 0 saturated carbocycles. The van der Waals surface area contributed by atoms with Crippen LogP contribution < -0.4 is 5.32 Å². The van der Waals surface area contributed by atoms with Gasteiger partial charge in [0.05, 0.1) is 6.20 Å². The number of para-hydroxylation sites is 1. The Balaban J connectivity index is 2.16. The van der Waals surface area contributed by atoms with Crippen LogP contribution in [-0.4, -0.2) is 15.7 Å². The smallest absolute Gasteiger partial charge is 0.266 e. The number of anilines is 1. The number of nitriles is 1. The molecule has 0 saturated heterocycles. The minimum absolute atomic E-state index is 0.0388. The molecule has 94 valence electrons. The lowest BCUT2D eigenvalue weighted by Gasteiger charge is -2.02. The van der Waals surface area contributed by atoms with Crippen molar-refractivity contribution in [2.45, 2.75) is 0 Å². The summed E-state index contributed by atoms with van der Waals surface area (Å²) in [7, 11) is 1.77. The Kier molecular flexibility index (Phi) is 3.74. The average Bonchev–Trinajstić information content (AvgIpc) is 2.82. The van der Waals surface area contributed by atoms with Crippen LogP contribution in [0.5, 0.6) is 0 Å². The number of rotatable bonds is 3. The van der Waals surface area contributed by atoms with Crippen LogP contribution in [0, 0.1) is 11.3 Å². The first-order valence-corrected chi connectivity index (χ1v) is 5.66. The molecule has 5 heteroatoms. The van der Waals surface area contributed by atoms with Crippen molar-refractivity contribution in [2.24, 2.45) is 7.05 Å². The standard InChI is InChI=1S/C14H12N4O/c1-18-10-11(9-16-18)7-12(8-15)14(19)17-13-5-3-2-4-6-13/h2-7,9-10H,1H3,(H,17,19)/b12-7+. The number of hydrogen-bond acceptors (Lipinski definition) is 3. The van der Waals surface area contributed by atoms with E-state index in [1.54, 1.807) is 36.3 Å². The maximum atomic E-state index is 11.9. The maximum Gasteiger partial charge on any atom is 0.266 e. The Hall–Kier alpha value is -2.87. The topological polar surface area (TPSA) is 70.7 Å². The summed E-state index contributed by atoms with van der Waals surface area (Å²) in [6, 6.07) is 10.9. The third-order valence-electron chi connectivity index (χ3n) is 2.43. The second-order valence-corrected chi connectivity index (χ2v) is 3.94. The number of nitrogens with zero attached hydrogens (tertiary/aromatic N) is 3. The highest BCUT2D eigenvalue weighted by atomic mass is 16.1. The Morgan fingerprint density at radius 3 is 2.74 bits per heavy atom. The van der Waals surface area contributed by atoms with Gasteiger partial charge in [-0.25, -0.2) is 0 Å². The molecule has 0 unspecified atom stereocenters. The molecule has 1 N–H and O–H groups in total. The Bertz CT molecular complexity index is 650. The van der Waals surface area contributed by atoms with Gasteiger partial charge in [-0.1, -0.05) is 18.2 Å². The van der Waals surface area contributed by atoms with Crippen LogP contribution in [0.15, 0.2) is 48.3 Å². The zero-order valence-electron chi connectivity index (χ0n) is 10.4. The molecule has 19 heavy (non-hydrogen) atoms. The summed E-state index contributed by atoms with van der Waals surface area (Å²) in [5.41, 5.74) is 1.40. The fraction of sp³-hybridized carbons (Fsp3) is 0.0714. The Labute approximate surface area is 110 Å². The molecular formula is C14H12N4O. The normalized spacial score (nSPS) is 10.8. The largest absolute Gasteiger partial charge is 0.321 e. The second kappa shape index (κ2) is 5.65. The zero-order chi connectivity index (χ0) is 13.7. The summed E-state index contributed by atoms with van der Waals surface area (Å²) < 4.78 is 1.61. The van der Waals surface area contributed by atoms with Crippen molar-refractivity contribution in [3.63, 3.8) is 0 Å². The van der Waals surface area contributed by atoms with Gasteiger partial charge < -0.3 is 5.32 Å². The molecule has 0 aliphatic heterocycles. The van der Waals surface area contributed by atoms with Crippen LogP contribution in [0.1, 0.15) is 5.56 Å². The molecule has 0 aliphatic rings. The van der Waals surface area contributed by atoms with Gasteiger partial charge in [-0.15, -0.1) is 0 Å². The van der Waals surface area contributed by atoms with Crippen molar-refractivity contribution >= 4 is 17.7 Å². The molecular weight excluding hydrogens is 240 g/mol. The van der Waals surface area contributed by atoms with E-state index < -0.39 is 5.91 Å². The van der Waals surface area contributed by atoms with Gasteiger partial charge in [0.25, 0.3) is 5.91 Å². The van der Waals surface area contributed by atoms with Crippen molar-refractivity contribution in [2.75, 3.05) is 5.32 Å². The van der Waals surface area contributed by atoms with Crippen molar-refractivity contribution < 1.29 is 4.79 Å². The summed E-state index contributed by atoms with van der Waals surface area (Å²) in [6.45, 7) is 0. The van der Waals surface area contributed by atoms with E-state index in [2.05, 4.69) is 10.4 Å². The first-order chi connectivity index (χ1) is 9.19. The minimum Gasteiger partial charge on any atom is -0.321 e. The van der Waals surface area contributed by atoms with Crippen LogP contribution in [0.3, 0.4) is 0 Å². The number of carbonyl (C=O) groups excluding carboxylic acids is 1. The summed E-state index contributed by atoms with van der Waals surface area (Å²) >= 11 is 0. The van der Waals surface area contributed by atoms with Gasteiger partial charge in [0, 0.05) is 24.5 Å². The van der Waals surface area contributed by atoms with Gasteiger partial charge in [-0.3, -0.25) is 9.48 Å². The van der Waals surface area contributed by atoms with Gasteiger partial charge in [0.2, 0.25) is 0 Å². The van der Waals surface area contributed by atoms with Crippen LogP contribution >= 0.6 is 0 Å². The SMILES string of the molecule is Cn1cc(/C=C(\C#N)C(=O)Nc2ccccc2)cn1. The summed E-state index contributed by atoms with van der Waals surface area (Å²) in [6.07, 6.45) is 4.82. The van der Waals surface area contributed by atoms with Gasteiger partial charge in [0.1, 0.15) is 11.6 Å².